The lowest BCUT2D eigenvalue weighted by molar-refractivity contribution is 0.0690. The summed E-state index contributed by atoms with van der Waals surface area (Å²) < 4.78 is 0. The average Bonchev–Trinajstić information content (AvgIpc) is 2.46. The lowest BCUT2D eigenvalue weighted by Gasteiger charge is -2.05. The van der Waals surface area contributed by atoms with Crippen LogP contribution in [0, 0.1) is 0 Å². The van der Waals surface area contributed by atoms with Crippen LogP contribution in [0.1, 0.15) is 26.5 Å². The summed E-state index contributed by atoms with van der Waals surface area (Å²) in [5.74, 6) is -1.60. The Morgan fingerprint density at radius 2 is 1.75 bits per heavy atom. The van der Waals surface area contributed by atoms with Crippen molar-refractivity contribution >= 4 is 23.5 Å². The summed E-state index contributed by atoms with van der Waals surface area (Å²) in [6.07, 6.45) is 0. The van der Waals surface area contributed by atoms with Crippen molar-refractivity contribution in [1.82, 2.24) is 10.3 Å². The summed E-state index contributed by atoms with van der Waals surface area (Å²) in [5, 5.41) is 12.1. The maximum absolute atomic E-state index is 11.9. The second-order valence-corrected chi connectivity index (χ2v) is 4.46. The summed E-state index contributed by atoms with van der Waals surface area (Å²) in [6.45, 7) is 0.314. The Bertz CT molecular complexity index is 641. The summed E-state index contributed by atoms with van der Waals surface area (Å²) >= 11 is 5.76. The van der Waals surface area contributed by atoms with Crippen molar-refractivity contribution in [2.24, 2.45) is 0 Å². The predicted molar refractivity (Wildman–Crippen MR) is 73.8 cm³/mol. The van der Waals surface area contributed by atoms with Gasteiger partial charge >= 0.3 is 5.97 Å². The highest BCUT2D eigenvalue weighted by Gasteiger charge is 2.10. The van der Waals surface area contributed by atoms with Gasteiger partial charge in [0.2, 0.25) is 0 Å². The number of nitrogens with one attached hydrogen (secondary N) is 1. The molecule has 1 heterocycles. The number of hydrogen-bond acceptors (Lipinski definition) is 3. The summed E-state index contributed by atoms with van der Waals surface area (Å²) in [4.78, 5) is 26.4. The van der Waals surface area contributed by atoms with Gasteiger partial charge < -0.3 is 10.4 Å². The summed E-state index contributed by atoms with van der Waals surface area (Å²) in [6, 6.07) is 11.3. The molecule has 1 amide bonds. The van der Waals surface area contributed by atoms with E-state index in [1.54, 1.807) is 24.3 Å². The van der Waals surface area contributed by atoms with E-state index in [4.69, 9.17) is 16.7 Å². The molecule has 5 nitrogen and oxygen atoms in total. The Hall–Kier alpha value is -2.40. The molecule has 1 aromatic heterocycles. The third-order valence-electron chi connectivity index (χ3n) is 2.57. The first-order chi connectivity index (χ1) is 9.56. The van der Waals surface area contributed by atoms with Crippen LogP contribution in [0.2, 0.25) is 5.02 Å². The topological polar surface area (TPSA) is 79.3 Å². The molecule has 2 N–H and O–H groups in total. The molecule has 20 heavy (non-hydrogen) atoms. The quantitative estimate of drug-likeness (QED) is 0.906. The van der Waals surface area contributed by atoms with Crippen molar-refractivity contribution in [1.29, 1.82) is 0 Å². The first kappa shape index (κ1) is 14.0. The molecule has 0 aliphatic heterocycles. The molecule has 1 aromatic carbocycles. The minimum Gasteiger partial charge on any atom is -0.477 e. The minimum atomic E-state index is -1.17. The van der Waals surface area contributed by atoms with Crippen molar-refractivity contribution in [2.45, 2.75) is 6.54 Å². The number of rotatable bonds is 4. The van der Waals surface area contributed by atoms with Crippen LogP contribution in [-0.2, 0) is 6.54 Å². The van der Waals surface area contributed by atoms with Gasteiger partial charge in [-0.2, -0.15) is 0 Å². The van der Waals surface area contributed by atoms with Crippen molar-refractivity contribution in [2.75, 3.05) is 0 Å². The number of benzene rings is 1. The average molecular weight is 291 g/mol. The minimum absolute atomic E-state index is 0.0684. The fourth-order valence-electron chi connectivity index (χ4n) is 1.56. The third kappa shape index (κ3) is 3.55. The van der Waals surface area contributed by atoms with E-state index >= 15 is 0 Å². The van der Waals surface area contributed by atoms with Crippen LogP contribution in [-0.4, -0.2) is 22.0 Å². The van der Waals surface area contributed by atoms with E-state index in [9.17, 15) is 9.59 Å². The lowest BCUT2D eigenvalue weighted by atomic mass is 10.2. The molecular formula is C14H11ClN2O3. The Morgan fingerprint density at radius 3 is 2.40 bits per heavy atom. The van der Waals surface area contributed by atoms with E-state index in [1.165, 1.54) is 18.2 Å². The maximum Gasteiger partial charge on any atom is 0.354 e. The van der Waals surface area contributed by atoms with Crippen LogP contribution in [0.5, 0.6) is 0 Å². The summed E-state index contributed by atoms with van der Waals surface area (Å²) in [7, 11) is 0. The molecular weight excluding hydrogens is 280 g/mol. The number of aromatic nitrogens is 1. The number of pyridine rings is 1. The molecule has 6 heteroatoms. The van der Waals surface area contributed by atoms with E-state index in [-0.39, 0.29) is 11.4 Å². The van der Waals surface area contributed by atoms with Gasteiger partial charge in [-0.3, -0.25) is 4.79 Å². The van der Waals surface area contributed by atoms with Crippen LogP contribution >= 0.6 is 11.6 Å². The Labute approximate surface area is 120 Å². The number of aromatic carboxylic acids is 1. The maximum atomic E-state index is 11.9. The van der Waals surface area contributed by atoms with Crippen molar-refractivity contribution in [3.8, 4) is 0 Å². The van der Waals surface area contributed by atoms with E-state index < -0.39 is 11.9 Å². The van der Waals surface area contributed by atoms with Gasteiger partial charge in [0.15, 0.2) is 0 Å². The number of halogens is 1. The largest absolute Gasteiger partial charge is 0.477 e. The zero-order valence-corrected chi connectivity index (χ0v) is 11.1. The molecule has 0 bridgehead atoms. The van der Waals surface area contributed by atoms with E-state index in [1.807, 2.05) is 0 Å². The monoisotopic (exact) mass is 290 g/mol. The zero-order valence-electron chi connectivity index (χ0n) is 10.3. The Kier molecular flexibility index (Phi) is 4.32. The zero-order chi connectivity index (χ0) is 14.5. The predicted octanol–water partition coefficient (Wildman–Crippen LogP) is 2.36. The third-order valence-corrected chi connectivity index (χ3v) is 2.82. The second kappa shape index (κ2) is 6.16. The molecule has 0 unspecified atom stereocenters. The van der Waals surface area contributed by atoms with E-state index in [2.05, 4.69) is 10.3 Å². The fraction of sp³-hybridized carbons (Fsp3) is 0.0714. The smallest absolute Gasteiger partial charge is 0.354 e. The van der Waals surface area contributed by atoms with Crippen molar-refractivity contribution in [3.05, 3.63) is 64.4 Å². The molecule has 2 rings (SSSR count). The lowest BCUT2D eigenvalue weighted by Crippen LogP contribution is -2.24. The van der Waals surface area contributed by atoms with Gasteiger partial charge in [-0.05, 0) is 29.8 Å². The molecule has 0 atom stereocenters. The summed E-state index contributed by atoms with van der Waals surface area (Å²) in [5.41, 5.74) is 0.792. The molecule has 0 radical (unpaired) electrons. The molecule has 0 aliphatic carbocycles. The van der Waals surface area contributed by atoms with Crippen molar-refractivity contribution < 1.29 is 14.7 Å². The second-order valence-electron chi connectivity index (χ2n) is 4.02. The number of carbonyl (C=O) groups is 2. The van der Waals surface area contributed by atoms with E-state index in [0.717, 1.165) is 5.56 Å². The Morgan fingerprint density at radius 1 is 1.10 bits per heavy atom. The molecule has 102 valence electrons. The number of carbonyl (C=O) groups excluding carboxylic acids is 1. The number of amides is 1. The SMILES string of the molecule is O=C(O)c1cccc(C(=O)NCc2ccc(Cl)cc2)n1. The number of nitrogens with zero attached hydrogens (tertiary/aromatic N) is 1. The number of hydrogen-bond donors (Lipinski definition) is 2. The van der Waals surface area contributed by atoms with Gasteiger partial charge in [-0.1, -0.05) is 29.8 Å². The van der Waals surface area contributed by atoms with Crippen LogP contribution in [0.15, 0.2) is 42.5 Å². The first-order valence-corrected chi connectivity index (χ1v) is 6.17. The molecule has 0 saturated carbocycles. The highest BCUT2D eigenvalue weighted by atomic mass is 35.5. The van der Waals surface area contributed by atoms with Crippen LogP contribution in [0.3, 0.4) is 0 Å². The normalized spacial score (nSPS) is 10.1. The van der Waals surface area contributed by atoms with Gasteiger partial charge in [0.25, 0.3) is 5.91 Å². The molecule has 0 aliphatic rings. The standard InChI is InChI=1S/C14H11ClN2O3/c15-10-6-4-9(5-7-10)8-16-13(18)11-2-1-3-12(17-11)14(19)20/h1-7H,8H2,(H,16,18)(H,19,20). The van der Waals surface area contributed by atoms with Crippen molar-refractivity contribution in [3.63, 3.8) is 0 Å². The number of carboxylic acids is 1. The van der Waals surface area contributed by atoms with Crippen LogP contribution in [0.4, 0.5) is 0 Å². The molecule has 0 fully saturated rings. The van der Waals surface area contributed by atoms with Gasteiger partial charge in [-0.25, -0.2) is 9.78 Å². The number of carboxylic acid groups (broad SMARTS) is 1. The molecule has 0 spiro atoms. The first-order valence-electron chi connectivity index (χ1n) is 5.79. The van der Waals surface area contributed by atoms with Gasteiger partial charge in [0.1, 0.15) is 11.4 Å². The van der Waals surface area contributed by atoms with Gasteiger partial charge in [-0.15, -0.1) is 0 Å². The van der Waals surface area contributed by atoms with E-state index in [0.29, 0.717) is 11.6 Å². The van der Waals surface area contributed by atoms with Gasteiger partial charge in [0, 0.05) is 11.6 Å². The van der Waals surface area contributed by atoms with Crippen LogP contribution in [0.25, 0.3) is 0 Å². The molecule has 2 aromatic rings. The fourth-order valence-corrected chi connectivity index (χ4v) is 1.68. The molecule has 0 saturated heterocycles. The Balaban J connectivity index is 2.03. The van der Waals surface area contributed by atoms with Gasteiger partial charge in [0.05, 0.1) is 0 Å². The van der Waals surface area contributed by atoms with Crippen LogP contribution < -0.4 is 5.32 Å². The highest BCUT2D eigenvalue weighted by Crippen LogP contribution is 2.09. The highest BCUT2D eigenvalue weighted by molar-refractivity contribution is 6.30.